The highest BCUT2D eigenvalue weighted by Gasteiger charge is 2.27. The number of carbonyl (C=O) groups excluding carboxylic acids is 1. The summed E-state index contributed by atoms with van der Waals surface area (Å²) in [4.78, 5) is 21.4. The van der Waals surface area contributed by atoms with Crippen LogP contribution in [-0.2, 0) is 13.8 Å². The molecule has 1 rings (SSSR count). The highest BCUT2D eigenvalue weighted by molar-refractivity contribution is 9.10. The van der Waals surface area contributed by atoms with Gasteiger partial charge in [0.2, 0.25) is 0 Å². The SMILES string of the molecule is CCC(C)OC(=O)c1cc([N+](=O)[O-])cc(S(=O)(=O)Cl)c1Br. The van der Waals surface area contributed by atoms with E-state index in [1.807, 2.05) is 0 Å². The van der Waals surface area contributed by atoms with E-state index in [4.69, 9.17) is 15.4 Å². The van der Waals surface area contributed by atoms with E-state index in [1.165, 1.54) is 0 Å². The van der Waals surface area contributed by atoms with Crippen LogP contribution in [0.15, 0.2) is 21.5 Å². The molecule has 116 valence electrons. The van der Waals surface area contributed by atoms with Crippen LogP contribution in [0.3, 0.4) is 0 Å². The summed E-state index contributed by atoms with van der Waals surface area (Å²) in [7, 11) is 0.951. The molecule has 1 unspecified atom stereocenters. The molecule has 1 atom stereocenters. The summed E-state index contributed by atoms with van der Waals surface area (Å²) >= 11 is 2.93. The zero-order chi connectivity index (χ0) is 16.4. The van der Waals surface area contributed by atoms with Crippen LogP contribution in [0.25, 0.3) is 0 Å². The average Bonchev–Trinajstić information content (AvgIpc) is 2.36. The number of hydrogen-bond acceptors (Lipinski definition) is 6. The van der Waals surface area contributed by atoms with Crippen molar-refractivity contribution in [3.05, 3.63) is 32.3 Å². The third-order valence-corrected chi connectivity index (χ3v) is 5.06. The Labute approximate surface area is 133 Å². The van der Waals surface area contributed by atoms with Crippen molar-refractivity contribution in [2.24, 2.45) is 0 Å². The predicted octanol–water partition coefficient (Wildman–Crippen LogP) is 3.24. The monoisotopic (exact) mass is 399 g/mol. The molecule has 0 saturated heterocycles. The lowest BCUT2D eigenvalue weighted by Crippen LogP contribution is -2.15. The zero-order valence-electron chi connectivity index (χ0n) is 11.0. The van der Waals surface area contributed by atoms with Gasteiger partial charge in [0.1, 0.15) is 4.90 Å². The van der Waals surface area contributed by atoms with Gasteiger partial charge >= 0.3 is 5.97 Å². The van der Waals surface area contributed by atoms with E-state index in [2.05, 4.69) is 15.9 Å². The maximum atomic E-state index is 12.0. The Kier molecular flexibility index (Phi) is 5.71. The Morgan fingerprint density at radius 1 is 1.52 bits per heavy atom. The first-order valence-electron chi connectivity index (χ1n) is 5.71. The fraction of sp³-hybridized carbons (Fsp3) is 0.364. The number of nitro groups is 1. The van der Waals surface area contributed by atoms with Gasteiger partial charge in [-0.3, -0.25) is 10.1 Å². The smallest absolute Gasteiger partial charge is 0.339 e. The van der Waals surface area contributed by atoms with Gasteiger partial charge in [0, 0.05) is 22.8 Å². The number of nitro benzene ring substituents is 1. The fourth-order valence-electron chi connectivity index (χ4n) is 1.34. The minimum Gasteiger partial charge on any atom is -0.459 e. The first kappa shape index (κ1) is 17.9. The highest BCUT2D eigenvalue weighted by atomic mass is 79.9. The Morgan fingerprint density at radius 3 is 2.52 bits per heavy atom. The molecule has 0 aliphatic carbocycles. The number of esters is 1. The van der Waals surface area contributed by atoms with E-state index in [0.29, 0.717) is 6.42 Å². The number of nitrogens with zero attached hydrogens (tertiary/aromatic N) is 1. The molecule has 0 radical (unpaired) electrons. The summed E-state index contributed by atoms with van der Waals surface area (Å²) in [5, 5.41) is 10.8. The minimum atomic E-state index is -4.27. The molecular formula is C11H11BrClNO6S. The maximum absolute atomic E-state index is 12.0. The van der Waals surface area contributed by atoms with Crippen molar-refractivity contribution < 1.29 is 22.9 Å². The lowest BCUT2D eigenvalue weighted by molar-refractivity contribution is -0.385. The number of carbonyl (C=O) groups is 1. The lowest BCUT2D eigenvalue weighted by atomic mass is 10.2. The van der Waals surface area contributed by atoms with Crippen LogP contribution in [0, 0.1) is 10.1 Å². The second kappa shape index (κ2) is 6.71. The van der Waals surface area contributed by atoms with Crippen LogP contribution in [0.2, 0.25) is 0 Å². The second-order valence-corrected chi connectivity index (χ2v) is 7.45. The molecule has 7 nitrogen and oxygen atoms in total. The molecule has 0 spiro atoms. The van der Waals surface area contributed by atoms with Crippen LogP contribution in [0.1, 0.15) is 30.6 Å². The van der Waals surface area contributed by atoms with E-state index < -0.39 is 36.6 Å². The van der Waals surface area contributed by atoms with Crippen LogP contribution in [-0.4, -0.2) is 25.4 Å². The summed E-state index contributed by atoms with van der Waals surface area (Å²) in [5.41, 5.74) is -0.850. The molecule has 1 aromatic carbocycles. The van der Waals surface area contributed by atoms with Gasteiger partial charge < -0.3 is 4.74 Å². The van der Waals surface area contributed by atoms with Gasteiger partial charge in [-0.25, -0.2) is 13.2 Å². The van der Waals surface area contributed by atoms with Gasteiger partial charge in [0.25, 0.3) is 14.7 Å². The number of benzene rings is 1. The van der Waals surface area contributed by atoms with Crippen LogP contribution in [0.4, 0.5) is 5.69 Å². The number of hydrogen-bond donors (Lipinski definition) is 0. The molecule has 21 heavy (non-hydrogen) atoms. The van der Waals surface area contributed by atoms with Crippen LogP contribution >= 0.6 is 26.6 Å². The molecule has 0 N–H and O–H groups in total. The number of rotatable bonds is 5. The summed E-state index contributed by atoms with van der Waals surface area (Å²) in [6.45, 7) is 3.43. The largest absolute Gasteiger partial charge is 0.459 e. The third-order valence-electron chi connectivity index (χ3n) is 2.60. The van der Waals surface area contributed by atoms with Crippen molar-refractivity contribution in [1.29, 1.82) is 0 Å². The van der Waals surface area contributed by atoms with Crippen molar-refractivity contribution >= 4 is 47.3 Å². The topological polar surface area (TPSA) is 104 Å². The van der Waals surface area contributed by atoms with E-state index in [9.17, 15) is 23.3 Å². The zero-order valence-corrected chi connectivity index (χ0v) is 14.2. The molecule has 0 bridgehead atoms. The van der Waals surface area contributed by atoms with Gasteiger partial charge in [-0.05, 0) is 29.3 Å². The second-order valence-electron chi connectivity index (χ2n) is 4.12. The molecule has 0 amide bonds. The normalized spacial score (nSPS) is 12.8. The molecule has 0 aliphatic heterocycles. The van der Waals surface area contributed by atoms with E-state index in [1.54, 1.807) is 13.8 Å². The molecule has 0 aliphatic rings. The standard InChI is InChI=1S/C11H11BrClNO6S/c1-3-6(2)20-11(15)8-4-7(14(16)17)5-9(10(8)12)21(13,18)19/h4-6H,3H2,1-2H3. The molecule has 0 heterocycles. The average molecular weight is 401 g/mol. The van der Waals surface area contributed by atoms with E-state index in [0.717, 1.165) is 12.1 Å². The van der Waals surface area contributed by atoms with Gasteiger partial charge in [0.15, 0.2) is 0 Å². The summed E-state index contributed by atoms with van der Waals surface area (Å²) in [6.07, 6.45) is 0.124. The minimum absolute atomic E-state index is 0.170. The van der Waals surface area contributed by atoms with Crippen molar-refractivity contribution in [3.8, 4) is 0 Å². The molecular weight excluding hydrogens is 390 g/mol. The van der Waals surface area contributed by atoms with Crippen molar-refractivity contribution in [2.45, 2.75) is 31.3 Å². The first-order chi connectivity index (χ1) is 9.57. The van der Waals surface area contributed by atoms with E-state index in [-0.39, 0.29) is 10.0 Å². The lowest BCUT2D eigenvalue weighted by Gasteiger charge is -2.12. The Morgan fingerprint density at radius 2 is 2.10 bits per heavy atom. The van der Waals surface area contributed by atoms with Crippen molar-refractivity contribution in [3.63, 3.8) is 0 Å². The molecule has 0 saturated carbocycles. The summed E-state index contributed by atoms with van der Waals surface area (Å²) in [5.74, 6) is -0.874. The number of halogens is 2. The molecule has 0 aromatic heterocycles. The van der Waals surface area contributed by atoms with Crippen LogP contribution < -0.4 is 0 Å². The van der Waals surface area contributed by atoms with Crippen molar-refractivity contribution in [1.82, 2.24) is 0 Å². The van der Waals surface area contributed by atoms with E-state index >= 15 is 0 Å². The van der Waals surface area contributed by atoms with Gasteiger partial charge in [-0.1, -0.05) is 6.92 Å². The van der Waals surface area contributed by atoms with Gasteiger partial charge in [-0.15, -0.1) is 0 Å². The molecule has 1 aromatic rings. The quantitative estimate of drug-likeness (QED) is 0.325. The molecule has 0 fully saturated rings. The van der Waals surface area contributed by atoms with Crippen molar-refractivity contribution in [2.75, 3.05) is 0 Å². The summed E-state index contributed by atoms with van der Waals surface area (Å²) < 4.78 is 27.8. The fourth-order valence-corrected chi connectivity index (χ4v) is 3.60. The predicted molar refractivity (Wildman–Crippen MR) is 79.0 cm³/mol. The first-order valence-corrected chi connectivity index (χ1v) is 8.81. The highest BCUT2D eigenvalue weighted by Crippen LogP contribution is 2.33. The Hall–Kier alpha value is -1.19. The third kappa shape index (κ3) is 4.39. The number of ether oxygens (including phenoxy) is 1. The molecule has 10 heteroatoms. The van der Waals surface area contributed by atoms with Crippen LogP contribution in [0.5, 0.6) is 0 Å². The summed E-state index contributed by atoms with van der Waals surface area (Å²) in [6, 6.07) is 1.70. The number of non-ortho nitro benzene ring substituents is 1. The maximum Gasteiger partial charge on any atom is 0.339 e. The van der Waals surface area contributed by atoms with Gasteiger partial charge in [-0.2, -0.15) is 0 Å². The van der Waals surface area contributed by atoms with Gasteiger partial charge in [0.05, 0.1) is 21.1 Å². The Balaban J connectivity index is 3.48. The Bertz CT molecular complexity index is 690.